The zero-order chi connectivity index (χ0) is 12.4. The maximum atomic E-state index is 13.5. The molecule has 1 saturated carbocycles. The molecule has 0 heterocycles. The van der Waals surface area contributed by atoms with Gasteiger partial charge in [0.25, 0.3) is 0 Å². The number of hydrogen-bond acceptors (Lipinski definition) is 2. The van der Waals surface area contributed by atoms with Crippen molar-refractivity contribution in [3.63, 3.8) is 0 Å². The van der Waals surface area contributed by atoms with Crippen LogP contribution in [0.1, 0.15) is 37.3 Å². The standard InChI is InChI=1S/C13H17F2NO.ClH/c14-9-5-6-11(15)10(7-9)12(16)13(17)8-3-1-2-4-8;/h5-8,12-13,17H,1-4,16H2;1H/t12-,13+;/m0./s1. The lowest BCUT2D eigenvalue weighted by molar-refractivity contribution is 0.0832. The highest BCUT2D eigenvalue weighted by Crippen LogP contribution is 2.33. The molecule has 0 amide bonds. The molecule has 1 aromatic carbocycles. The van der Waals surface area contributed by atoms with Gasteiger partial charge in [-0.25, -0.2) is 8.78 Å². The summed E-state index contributed by atoms with van der Waals surface area (Å²) in [6, 6.07) is 2.31. The van der Waals surface area contributed by atoms with E-state index in [2.05, 4.69) is 0 Å². The normalized spacial score (nSPS) is 19.3. The van der Waals surface area contributed by atoms with Crippen LogP contribution in [0.5, 0.6) is 0 Å². The SMILES string of the molecule is Cl.N[C@@H](c1cc(F)ccc1F)[C@H](O)C1CCCC1. The molecule has 1 aromatic rings. The molecule has 0 spiro atoms. The van der Waals surface area contributed by atoms with Crippen LogP contribution in [0.2, 0.25) is 0 Å². The molecule has 0 aliphatic heterocycles. The Morgan fingerprint density at radius 2 is 1.83 bits per heavy atom. The van der Waals surface area contributed by atoms with Gasteiger partial charge in [0, 0.05) is 5.56 Å². The largest absolute Gasteiger partial charge is 0.391 e. The highest BCUT2D eigenvalue weighted by atomic mass is 35.5. The molecule has 102 valence electrons. The van der Waals surface area contributed by atoms with E-state index in [1.165, 1.54) is 0 Å². The minimum atomic E-state index is -0.853. The highest BCUT2D eigenvalue weighted by molar-refractivity contribution is 5.85. The second kappa shape index (κ2) is 6.45. The van der Waals surface area contributed by atoms with Gasteiger partial charge >= 0.3 is 0 Å². The minimum Gasteiger partial charge on any atom is -0.391 e. The fourth-order valence-electron chi connectivity index (χ4n) is 2.55. The molecule has 3 N–H and O–H groups in total. The van der Waals surface area contributed by atoms with E-state index < -0.39 is 23.8 Å². The van der Waals surface area contributed by atoms with E-state index in [0.717, 1.165) is 43.9 Å². The van der Waals surface area contributed by atoms with Gasteiger partial charge in [0.05, 0.1) is 12.1 Å². The molecule has 5 heteroatoms. The van der Waals surface area contributed by atoms with Gasteiger partial charge in [-0.3, -0.25) is 0 Å². The first-order valence-electron chi connectivity index (χ1n) is 5.98. The number of rotatable bonds is 3. The number of benzene rings is 1. The summed E-state index contributed by atoms with van der Waals surface area (Å²) in [7, 11) is 0. The van der Waals surface area contributed by atoms with Gasteiger partial charge < -0.3 is 10.8 Å². The van der Waals surface area contributed by atoms with Crippen LogP contribution in [0.4, 0.5) is 8.78 Å². The topological polar surface area (TPSA) is 46.2 Å². The van der Waals surface area contributed by atoms with E-state index in [-0.39, 0.29) is 23.9 Å². The lowest BCUT2D eigenvalue weighted by atomic mass is 9.90. The van der Waals surface area contributed by atoms with Crippen LogP contribution in [0.25, 0.3) is 0 Å². The van der Waals surface area contributed by atoms with Gasteiger partial charge in [-0.2, -0.15) is 0 Å². The molecule has 0 unspecified atom stereocenters. The van der Waals surface area contributed by atoms with Crippen molar-refractivity contribution in [2.75, 3.05) is 0 Å². The third-order valence-corrected chi connectivity index (χ3v) is 3.57. The lowest BCUT2D eigenvalue weighted by Gasteiger charge is -2.24. The van der Waals surface area contributed by atoms with E-state index in [1.54, 1.807) is 0 Å². The van der Waals surface area contributed by atoms with Crippen LogP contribution in [-0.4, -0.2) is 11.2 Å². The average molecular weight is 278 g/mol. The fourth-order valence-corrected chi connectivity index (χ4v) is 2.55. The van der Waals surface area contributed by atoms with Crippen molar-refractivity contribution >= 4 is 12.4 Å². The van der Waals surface area contributed by atoms with Crippen LogP contribution in [0.3, 0.4) is 0 Å². The maximum Gasteiger partial charge on any atom is 0.128 e. The summed E-state index contributed by atoms with van der Waals surface area (Å²) in [5.41, 5.74) is 5.89. The van der Waals surface area contributed by atoms with Crippen LogP contribution < -0.4 is 5.73 Å². The quantitative estimate of drug-likeness (QED) is 0.892. The molecule has 0 radical (unpaired) electrons. The second-order valence-corrected chi connectivity index (χ2v) is 4.73. The first kappa shape index (κ1) is 15.3. The Bertz CT molecular complexity index is 397. The van der Waals surface area contributed by atoms with Gasteiger partial charge in [0.15, 0.2) is 0 Å². The van der Waals surface area contributed by atoms with E-state index in [4.69, 9.17) is 5.73 Å². The Labute approximate surface area is 112 Å². The van der Waals surface area contributed by atoms with Gasteiger partial charge in [-0.05, 0) is 37.0 Å². The van der Waals surface area contributed by atoms with Crippen LogP contribution in [0, 0.1) is 17.6 Å². The molecule has 18 heavy (non-hydrogen) atoms. The summed E-state index contributed by atoms with van der Waals surface area (Å²) in [4.78, 5) is 0. The summed E-state index contributed by atoms with van der Waals surface area (Å²) < 4.78 is 26.6. The Balaban J connectivity index is 0.00000162. The van der Waals surface area contributed by atoms with Gasteiger partial charge in [-0.15, -0.1) is 12.4 Å². The molecule has 2 rings (SSSR count). The first-order valence-corrected chi connectivity index (χ1v) is 5.98. The van der Waals surface area contributed by atoms with Gasteiger partial charge in [0.2, 0.25) is 0 Å². The second-order valence-electron chi connectivity index (χ2n) is 4.73. The molecule has 1 aliphatic carbocycles. The first-order chi connectivity index (χ1) is 8.09. The van der Waals surface area contributed by atoms with Crippen molar-refractivity contribution in [2.24, 2.45) is 11.7 Å². The van der Waals surface area contributed by atoms with Crippen molar-refractivity contribution in [3.05, 3.63) is 35.4 Å². The third kappa shape index (κ3) is 3.19. The fraction of sp³-hybridized carbons (Fsp3) is 0.538. The molecule has 2 nitrogen and oxygen atoms in total. The van der Waals surface area contributed by atoms with Crippen LogP contribution in [0.15, 0.2) is 18.2 Å². The lowest BCUT2D eigenvalue weighted by Crippen LogP contribution is -2.32. The number of halogens is 3. The summed E-state index contributed by atoms with van der Waals surface area (Å²) in [6.45, 7) is 0. The Kier molecular flexibility index (Phi) is 5.50. The summed E-state index contributed by atoms with van der Waals surface area (Å²) in [6.07, 6.45) is 3.16. The average Bonchev–Trinajstić information content (AvgIpc) is 2.84. The van der Waals surface area contributed by atoms with Crippen molar-refractivity contribution in [2.45, 2.75) is 37.8 Å². The number of hydrogen-bond donors (Lipinski definition) is 2. The van der Waals surface area contributed by atoms with Crippen LogP contribution >= 0.6 is 12.4 Å². The van der Waals surface area contributed by atoms with Crippen molar-refractivity contribution < 1.29 is 13.9 Å². The maximum absolute atomic E-state index is 13.5. The Morgan fingerprint density at radius 3 is 2.44 bits per heavy atom. The van der Waals surface area contributed by atoms with E-state index in [1.807, 2.05) is 0 Å². The van der Waals surface area contributed by atoms with Crippen LogP contribution in [-0.2, 0) is 0 Å². The van der Waals surface area contributed by atoms with Crippen molar-refractivity contribution in [1.82, 2.24) is 0 Å². The molecule has 0 saturated heterocycles. The minimum absolute atomic E-state index is 0. The molecule has 1 fully saturated rings. The van der Waals surface area contributed by atoms with Gasteiger partial charge in [-0.1, -0.05) is 12.8 Å². The third-order valence-electron chi connectivity index (χ3n) is 3.57. The zero-order valence-corrected chi connectivity index (χ0v) is 10.8. The molecule has 0 bridgehead atoms. The summed E-state index contributed by atoms with van der Waals surface area (Å²) >= 11 is 0. The molecular formula is C13H18ClF2NO. The monoisotopic (exact) mass is 277 g/mol. The number of aliphatic hydroxyl groups excluding tert-OH is 1. The highest BCUT2D eigenvalue weighted by Gasteiger charge is 2.30. The summed E-state index contributed by atoms with van der Waals surface area (Å²) in [5.74, 6) is -0.987. The predicted molar refractivity (Wildman–Crippen MR) is 68.5 cm³/mol. The predicted octanol–water partition coefficient (Wildman–Crippen LogP) is 2.94. The molecule has 1 aliphatic rings. The smallest absolute Gasteiger partial charge is 0.128 e. The number of aliphatic hydroxyl groups is 1. The molecular weight excluding hydrogens is 260 g/mol. The Morgan fingerprint density at radius 1 is 1.22 bits per heavy atom. The van der Waals surface area contributed by atoms with E-state index in [0.29, 0.717) is 0 Å². The van der Waals surface area contributed by atoms with E-state index >= 15 is 0 Å². The van der Waals surface area contributed by atoms with Crippen molar-refractivity contribution in [1.29, 1.82) is 0 Å². The zero-order valence-electron chi connectivity index (χ0n) is 9.98. The molecule has 2 atom stereocenters. The van der Waals surface area contributed by atoms with E-state index in [9.17, 15) is 13.9 Å². The molecule has 0 aromatic heterocycles. The van der Waals surface area contributed by atoms with Crippen molar-refractivity contribution in [3.8, 4) is 0 Å². The summed E-state index contributed by atoms with van der Waals surface area (Å²) in [5, 5.41) is 10.1. The number of nitrogens with two attached hydrogens (primary N) is 1. The Hall–Kier alpha value is -0.710. The van der Waals surface area contributed by atoms with Gasteiger partial charge in [0.1, 0.15) is 11.6 Å².